The first-order valence-corrected chi connectivity index (χ1v) is 7.00. The second-order valence-electron chi connectivity index (χ2n) is 3.94. The van der Waals surface area contributed by atoms with Crippen LogP contribution in [0.15, 0.2) is 27.6 Å². The van der Waals surface area contributed by atoms with Crippen molar-refractivity contribution in [2.45, 2.75) is 17.9 Å². The number of hydrogen-bond donors (Lipinski definition) is 1. The second-order valence-corrected chi connectivity index (χ2v) is 5.84. The molecule has 0 aliphatic rings. The lowest BCUT2D eigenvalue weighted by atomic mass is 10.1. The van der Waals surface area contributed by atoms with Gasteiger partial charge in [0.25, 0.3) is 0 Å². The van der Waals surface area contributed by atoms with E-state index in [1.807, 2.05) is 18.2 Å². The highest BCUT2D eigenvalue weighted by molar-refractivity contribution is 9.10. The Hall–Kier alpha value is -0.520. The third-order valence-electron chi connectivity index (χ3n) is 2.28. The molecule has 0 aliphatic heterocycles. The van der Waals surface area contributed by atoms with Crippen LogP contribution in [0.3, 0.4) is 0 Å². The first-order chi connectivity index (χ1) is 7.91. The fraction of sp³-hybridized carbons (Fsp3) is 0.417. The highest BCUT2D eigenvalue weighted by Crippen LogP contribution is 2.28. The first-order valence-electron chi connectivity index (χ1n) is 5.22. The third kappa shape index (κ3) is 4.33. The Morgan fingerprint density at radius 2 is 2.18 bits per heavy atom. The molecule has 0 aromatic heterocycles. The maximum atomic E-state index is 11.4. The van der Waals surface area contributed by atoms with Crippen molar-refractivity contribution in [1.29, 1.82) is 0 Å². The van der Waals surface area contributed by atoms with E-state index in [4.69, 9.17) is 0 Å². The second kappa shape index (κ2) is 6.42. The minimum Gasteiger partial charge on any atom is -0.389 e. The van der Waals surface area contributed by atoms with Crippen LogP contribution in [0.5, 0.6) is 0 Å². The van der Waals surface area contributed by atoms with Crippen LogP contribution in [0, 0.1) is 0 Å². The molecule has 0 spiro atoms. The summed E-state index contributed by atoms with van der Waals surface area (Å²) in [5, 5.41) is 9.49. The van der Waals surface area contributed by atoms with Gasteiger partial charge in [-0.05, 0) is 24.6 Å². The summed E-state index contributed by atoms with van der Waals surface area (Å²) in [6.45, 7) is 1.72. The number of amides is 1. The van der Waals surface area contributed by atoms with Crippen molar-refractivity contribution in [3.05, 3.63) is 28.2 Å². The van der Waals surface area contributed by atoms with E-state index in [0.717, 1.165) is 14.9 Å². The van der Waals surface area contributed by atoms with Crippen molar-refractivity contribution in [3.8, 4) is 0 Å². The van der Waals surface area contributed by atoms with E-state index in [9.17, 15) is 9.90 Å². The number of benzene rings is 1. The highest BCUT2D eigenvalue weighted by Gasteiger charge is 2.09. The largest absolute Gasteiger partial charge is 0.389 e. The molecule has 0 saturated heterocycles. The molecule has 1 atom stereocenters. The van der Waals surface area contributed by atoms with E-state index >= 15 is 0 Å². The minimum absolute atomic E-state index is 0.0886. The van der Waals surface area contributed by atoms with Crippen LogP contribution >= 0.6 is 27.7 Å². The maximum absolute atomic E-state index is 11.4. The van der Waals surface area contributed by atoms with E-state index in [-0.39, 0.29) is 5.91 Å². The molecule has 0 fully saturated rings. The number of halogens is 1. The molecule has 17 heavy (non-hydrogen) atoms. The van der Waals surface area contributed by atoms with Gasteiger partial charge in [-0.25, -0.2) is 0 Å². The Bertz CT molecular complexity index is 407. The average molecular weight is 318 g/mol. The Morgan fingerprint density at radius 1 is 1.53 bits per heavy atom. The molecule has 1 aromatic rings. The zero-order chi connectivity index (χ0) is 13.0. The number of hydrogen-bond acceptors (Lipinski definition) is 3. The molecular weight excluding hydrogens is 302 g/mol. The van der Waals surface area contributed by atoms with Gasteiger partial charge in [0.05, 0.1) is 11.9 Å². The van der Waals surface area contributed by atoms with E-state index in [2.05, 4.69) is 15.9 Å². The van der Waals surface area contributed by atoms with Crippen molar-refractivity contribution >= 4 is 33.6 Å². The maximum Gasteiger partial charge on any atom is 0.232 e. The summed E-state index contributed by atoms with van der Waals surface area (Å²) in [5.74, 6) is 0.513. The predicted molar refractivity (Wildman–Crippen MR) is 74.2 cm³/mol. The van der Waals surface area contributed by atoms with E-state index in [1.54, 1.807) is 25.9 Å². The normalized spacial score (nSPS) is 12.3. The van der Waals surface area contributed by atoms with Gasteiger partial charge in [0.15, 0.2) is 0 Å². The summed E-state index contributed by atoms with van der Waals surface area (Å²) in [6, 6.07) is 5.72. The Kier molecular flexibility index (Phi) is 5.49. The molecule has 1 rings (SSSR count). The number of carbonyl (C=O) groups is 1. The highest BCUT2D eigenvalue weighted by atomic mass is 79.9. The van der Waals surface area contributed by atoms with Crippen LogP contribution in [0.1, 0.15) is 18.6 Å². The van der Waals surface area contributed by atoms with Crippen LogP contribution in [0.2, 0.25) is 0 Å². The lowest BCUT2D eigenvalue weighted by molar-refractivity contribution is -0.125. The average Bonchev–Trinajstić information content (AvgIpc) is 2.25. The van der Waals surface area contributed by atoms with Gasteiger partial charge >= 0.3 is 0 Å². The quantitative estimate of drug-likeness (QED) is 0.868. The molecule has 0 bridgehead atoms. The van der Waals surface area contributed by atoms with Crippen LogP contribution in [0.4, 0.5) is 0 Å². The van der Waals surface area contributed by atoms with Gasteiger partial charge in [0.1, 0.15) is 0 Å². The minimum atomic E-state index is -0.494. The van der Waals surface area contributed by atoms with E-state index in [1.165, 1.54) is 11.8 Å². The molecule has 5 heteroatoms. The number of aliphatic hydroxyl groups is 1. The van der Waals surface area contributed by atoms with Crippen molar-refractivity contribution in [2.24, 2.45) is 0 Å². The summed E-state index contributed by atoms with van der Waals surface area (Å²) in [5.41, 5.74) is 0.855. The predicted octanol–water partition coefficient (Wildman–Crippen LogP) is 2.68. The summed E-state index contributed by atoms with van der Waals surface area (Å²) in [6.07, 6.45) is -0.494. The lowest BCUT2D eigenvalue weighted by Gasteiger charge is -2.11. The molecule has 0 aliphatic carbocycles. The fourth-order valence-electron chi connectivity index (χ4n) is 1.21. The Balaban J connectivity index is 2.68. The smallest absolute Gasteiger partial charge is 0.232 e. The molecule has 0 saturated carbocycles. The first kappa shape index (κ1) is 14.5. The summed E-state index contributed by atoms with van der Waals surface area (Å²) in [4.78, 5) is 14.0. The summed E-state index contributed by atoms with van der Waals surface area (Å²) < 4.78 is 0.870. The SMILES string of the molecule is CC(O)c1ccc(SCC(=O)N(C)C)cc1Br. The number of thioether (sulfide) groups is 1. The van der Waals surface area contributed by atoms with E-state index < -0.39 is 6.10 Å². The standard InChI is InChI=1S/C12H16BrNO2S/c1-8(15)10-5-4-9(6-11(10)13)17-7-12(16)14(2)3/h4-6,8,15H,7H2,1-3H3. The molecule has 1 aromatic carbocycles. The van der Waals surface area contributed by atoms with Gasteiger partial charge in [-0.15, -0.1) is 11.8 Å². The molecule has 0 heterocycles. The number of carbonyl (C=O) groups excluding carboxylic acids is 1. The third-order valence-corrected chi connectivity index (χ3v) is 3.95. The van der Waals surface area contributed by atoms with Gasteiger partial charge in [0.2, 0.25) is 5.91 Å². The molecule has 1 amide bonds. The van der Waals surface area contributed by atoms with E-state index in [0.29, 0.717) is 5.75 Å². The van der Waals surface area contributed by atoms with Gasteiger partial charge in [-0.3, -0.25) is 4.79 Å². The van der Waals surface area contributed by atoms with Gasteiger partial charge in [0, 0.05) is 23.5 Å². The van der Waals surface area contributed by atoms with Gasteiger partial charge in [-0.2, -0.15) is 0 Å². The molecule has 1 N–H and O–H groups in total. The topological polar surface area (TPSA) is 40.5 Å². The molecular formula is C12H16BrNO2S. The van der Waals surface area contributed by atoms with Crippen LogP contribution in [-0.2, 0) is 4.79 Å². The van der Waals surface area contributed by atoms with Crippen molar-refractivity contribution < 1.29 is 9.90 Å². The van der Waals surface area contributed by atoms with Crippen molar-refractivity contribution in [1.82, 2.24) is 4.90 Å². The monoisotopic (exact) mass is 317 g/mol. The summed E-state index contributed by atoms with van der Waals surface area (Å²) in [7, 11) is 3.49. The Morgan fingerprint density at radius 3 is 2.65 bits per heavy atom. The fourth-order valence-corrected chi connectivity index (χ4v) is 2.99. The van der Waals surface area contributed by atoms with Gasteiger partial charge in [-0.1, -0.05) is 22.0 Å². The summed E-state index contributed by atoms with van der Waals surface area (Å²) >= 11 is 4.90. The number of nitrogens with zero attached hydrogens (tertiary/aromatic N) is 1. The molecule has 94 valence electrons. The van der Waals surface area contributed by atoms with Crippen molar-refractivity contribution in [2.75, 3.05) is 19.8 Å². The van der Waals surface area contributed by atoms with Crippen LogP contribution in [0.25, 0.3) is 0 Å². The molecule has 3 nitrogen and oxygen atoms in total. The van der Waals surface area contributed by atoms with Crippen LogP contribution < -0.4 is 0 Å². The molecule has 1 unspecified atom stereocenters. The van der Waals surface area contributed by atoms with Crippen LogP contribution in [-0.4, -0.2) is 35.8 Å². The zero-order valence-corrected chi connectivity index (χ0v) is 12.5. The van der Waals surface area contributed by atoms with Gasteiger partial charge < -0.3 is 10.0 Å². The van der Waals surface area contributed by atoms with Crippen molar-refractivity contribution in [3.63, 3.8) is 0 Å². The number of rotatable bonds is 4. The lowest BCUT2D eigenvalue weighted by Crippen LogP contribution is -2.23. The Labute approximate surface area is 114 Å². The zero-order valence-electron chi connectivity index (χ0n) is 10.1. The number of aliphatic hydroxyl groups excluding tert-OH is 1. The molecule has 0 radical (unpaired) electrons.